The van der Waals surface area contributed by atoms with Gasteiger partial charge in [0.1, 0.15) is 5.82 Å². The molecule has 0 aliphatic carbocycles. The maximum atomic E-state index is 13.9. The lowest BCUT2D eigenvalue weighted by molar-refractivity contribution is -0.00771. The smallest absolute Gasteiger partial charge is 0.243 e. The monoisotopic (exact) mass is 316 g/mol. The van der Waals surface area contributed by atoms with Gasteiger partial charge < -0.3 is 10.5 Å². The van der Waals surface area contributed by atoms with E-state index in [0.717, 1.165) is 0 Å². The Bertz CT molecular complexity index is 644. The predicted octanol–water partition coefficient (Wildman–Crippen LogP) is 1.39. The lowest BCUT2D eigenvalue weighted by Gasteiger charge is -2.40. The van der Waals surface area contributed by atoms with Gasteiger partial charge >= 0.3 is 0 Å². The first-order valence-corrected chi connectivity index (χ1v) is 8.24. The summed E-state index contributed by atoms with van der Waals surface area (Å²) in [6.07, 6.45) is 0. The summed E-state index contributed by atoms with van der Waals surface area (Å²) in [5.74, 6) is -0.447. The normalized spacial score (nSPS) is 19.7. The fraction of sp³-hybridized carbons (Fsp3) is 0.571. The highest BCUT2D eigenvalue weighted by Gasteiger charge is 2.40. The van der Waals surface area contributed by atoms with E-state index in [0.29, 0.717) is 13.2 Å². The van der Waals surface area contributed by atoms with E-state index in [4.69, 9.17) is 10.5 Å². The zero-order valence-corrected chi connectivity index (χ0v) is 13.3. The summed E-state index contributed by atoms with van der Waals surface area (Å²) in [4.78, 5) is 0.0804. The minimum atomic E-state index is -3.71. The molecule has 0 spiro atoms. The van der Waals surface area contributed by atoms with Gasteiger partial charge in [-0.25, -0.2) is 12.8 Å². The van der Waals surface area contributed by atoms with Crippen LogP contribution in [0.25, 0.3) is 0 Å². The average Bonchev–Trinajstić information content (AvgIpc) is 2.40. The Morgan fingerprint density at radius 1 is 1.43 bits per heavy atom. The standard InChI is InChI=1S/C14H21FN2O3S/c1-10-6-12(7-11(8-16)13(10)15)21(18,19)17-4-5-20-9-14(17,2)3/h6-7H,4-5,8-9,16H2,1-3H3. The fourth-order valence-electron chi connectivity index (χ4n) is 2.52. The number of hydrogen-bond donors (Lipinski definition) is 1. The van der Waals surface area contributed by atoms with E-state index in [-0.39, 0.29) is 29.1 Å². The summed E-state index contributed by atoms with van der Waals surface area (Å²) < 4.78 is 46.3. The van der Waals surface area contributed by atoms with Gasteiger partial charge in [-0.05, 0) is 38.5 Å². The molecular formula is C14H21FN2O3S. The van der Waals surface area contributed by atoms with E-state index in [2.05, 4.69) is 0 Å². The fourth-order valence-corrected chi connectivity index (χ4v) is 4.41. The molecule has 0 bridgehead atoms. The van der Waals surface area contributed by atoms with E-state index >= 15 is 0 Å². The highest BCUT2D eigenvalue weighted by atomic mass is 32.2. The van der Waals surface area contributed by atoms with Gasteiger partial charge in [-0.2, -0.15) is 4.31 Å². The zero-order chi connectivity index (χ0) is 15.8. The van der Waals surface area contributed by atoms with Crippen LogP contribution >= 0.6 is 0 Å². The summed E-state index contributed by atoms with van der Waals surface area (Å²) in [6.45, 7) is 6.08. The molecule has 1 aromatic rings. The molecule has 1 fully saturated rings. The van der Waals surface area contributed by atoms with E-state index in [1.807, 2.05) is 13.8 Å². The first kappa shape index (κ1) is 16.4. The van der Waals surface area contributed by atoms with Crippen molar-refractivity contribution in [3.63, 3.8) is 0 Å². The van der Waals surface area contributed by atoms with Crippen LogP contribution in [-0.4, -0.2) is 38.0 Å². The van der Waals surface area contributed by atoms with E-state index in [9.17, 15) is 12.8 Å². The molecular weight excluding hydrogens is 295 g/mol. The molecule has 1 aromatic carbocycles. The van der Waals surface area contributed by atoms with Gasteiger partial charge in [0, 0.05) is 18.7 Å². The van der Waals surface area contributed by atoms with Crippen molar-refractivity contribution in [2.45, 2.75) is 37.8 Å². The molecule has 0 aromatic heterocycles. The van der Waals surface area contributed by atoms with Crippen LogP contribution in [0.5, 0.6) is 0 Å². The molecule has 1 aliphatic heterocycles. The third-order valence-corrected chi connectivity index (χ3v) is 5.77. The Kier molecular flexibility index (Phi) is 4.39. The Morgan fingerprint density at radius 3 is 2.67 bits per heavy atom. The van der Waals surface area contributed by atoms with Crippen LogP contribution in [0.15, 0.2) is 17.0 Å². The van der Waals surface area contributed by atoms with Crippen LogP contribution in [-0.2, 0) is 21.3 Å². The number of benzene rings is 1. The van der Waals surface area contributed by atoms with E-state index in [1.54, 1.807) is 0 Å². The Labute approximate surface area is 124 Å². The largest absolute Gasteiger partial charge is 0.378 e. The maximum Gasteiger partial charge on any atom is 0.243 e. The van der Waals surface area contributed by atoms with Crippen molar-refractivity contribution < 1.29 is 17.5 Å². The van der Waals surface area contributed by atoms with Crippen LogP contribution in [0.3, 0.4) is 0 Å². The Balaban J connectivity index is 2.51. The minimum Gasteiger partial charge on any atom is -0.378 e. The summed E-state index contributed by atoms with van der Waals surface area (Å²) in [7, 11) is -3.71. The maximum absolute atomic E-state index is 13.9. The molecule has 1 saturated heterocycles. The first-order chi connectivity index (χ1) is 9.70. The lowest BCUT2D eigenvalue weighted by atomic mass is 10.1. The Hall–Kier alpha value is -1.02. The number of morpholine rings is 1. The van der Waals surface area contributed by atoms with Crippen LogP contribution in [0, 0.1) is 12.7 Å². The molecule has 7 heteroatoms. The van der Waals surface area contributed by atoms with Crippen molar-refractivity contribution in [1.29, 1.82) is 0 Å². The third-order valence-electron chi connectivity index (χ3n) is 3.68. The molecule has 0 amide bonds. The van der Waals surface area contributed by atoms with Gasteiger partial charge in [-0.1, -0.05) is 0 Å². The van der Waals surface area contributed by atoms with Crippen molar-refractivity contribution in [3.8, 4) is 0 Å². The zero-order valence-electron chi connectivity index (χ0n) is 12.5. The van der Waals surface area contributed by atoms with Crippen LogP contribution in [0.1, 0.15) is 25.0 Å². The van der Waals surface area contributed by atoms with Gasteiger partial charge in [0.25, 0.3) is 0 Å². The molecule has 1 aliphatic rings. The molecule has 5 nitrogen and oxygen atoms in total. The summed E-state index contributed by atoms with van der Waals surface area (Å²) in [6, 6.07) is 2.68. The molecule has 0 atom stereocenters. The number of ether oxygens (including phenoxy) is 1. The van der Waals surface area contributed by atoms with Crippen molar-refractivity contribution in [2.75, 3.05) is 19.8 Å². The number of hydrogen-bond acceptors (Lipinski definition) is 4. The summed E-state index contributed by atoms with van der Waals surface area (Å²) in [5.41, 5.74) is 5.35. The molecule has 0 unspecified atom stereocenters. The second kappa shape index (κ2) is 5.64. The molecule has 21 heavy (non-hydrogen) atoms. The number of nitrogens with zero attached hydrogens (tertiary/aromatic N) is 1. The predicted molar refractivity (Wildman–Crippen MR) is 77.8 cm³/mol. The third kappa shape index (κ3) is 2.96. The highest BCUT2D eigenvalue weighted by Crippen LogP contribution is 2.29. The molecule has 0 saturated carbocycles. The average molecular weight is 316 g/mol. The van der Waals surface area contributed by atoms with Crippen molar-refractivity contribution in [2.24, 2.45) is 5.73 Å². The number of sulfonamides is 1. The van der Waals surface area contributed by atoms with Gasteiger partial charge in [0.05, 0.1) is 23.6 Å². The number of nitrogens with two attached hydrogens (primary N) is 1. The topological polar surface area (TPSA) is 72.6 Å². The molecule has 1 heterocycles. The van der Waals surface area contributed by atoms with Crippen LogP contribution < -0.4 is 5.73 Å². The molecule has 0 radical (unpaired) electrons. The van der Waals surface area contributed by atoms with Gasteiger partial charge in [-0.15, -0.1) is 0 Å². The summed E-state index contributed by atoms with van der Waals surface area (Å²) in [5, 5.41) is 0. The van der Waals surface area contributed by atoms with E-state index < -0.39 is 21.4 Å². The number of aryl methyl sites for hydroxylation is 1. The number of halogens is 1. The van der Waals surface area contributed by atoms with Gasteiger partial charge in [-0.3, -0.25) is 0 Å². The first-order valence-electron chi connectivity index (χ1n) is 6.80. The second-order valence-corrected chi connectivity index (χ2v) is 7.72. The highest BCUT2D eigenvalue weighted by molar-refractivity contribution is 7.89. The molecule has 2 rings (SSSR count). The van der Waals surface area contributed by atoms with Crippen molar-refractivity contribution >= 4 is 10.0 Å². The lowest BCUT2D eigenvalue weighted by Crippen LogP contribution is -2.55. The SMILES string of the molecule is Cc1cc(S(=O)(=O)N2CCOCC2(C)C)cc(CN)c1F. The molecule has 2 N–H and O–H groups in total. The summed E-state index contributed by atoms with van der Waals surface area (Å²) >= 11 is 0. The second-order valence-electron chi connectivity index (χ2n) is 5.86. The van der Waals surface area contributed by atoms with Gasteiger partial charge in [0.15, 0.2) is 0 Å². The number of rotatable bonds is 3. The van der Waals surface area contributed by atoms with E-state index in [1.165, 1.54) is 23.4 Å². The Morgan fingerprint density at radius 2 is 2.10 bits per heavy atom. The van der Waals surface area contributed by atoms with Crippen LogP contribution in [0.4, 0.5) is 4.39 Å². The van der Waals surface area contributed by atoms with Crippen molar-refractivity contribution in [3.05, 3.63) is 29.1 Å². The van der Waals surface area contributed by atoms with Crippen LogP contribution in [0.2, 0.25) is 0 Å². The van der Waals surface area contributed by atoms with Gasteiger partial charge in [0.2, 0.25) is 10.0 Å². The minimum absolute atomic E-state index is 0.0391. The molecule has 118 valence electrons. The quantitative estimate of drug-likeness (QED) is 0.915. The van der Waals surface area contributed by atoms with Crippen molar-refractivity contribution in [1.82, 2.24) is 4.31 Å².